The number of methoxy groups -OCH3 is 1. The van der Waals surface area contributed by atoms with Crippen LogP contribution in [0.25, 0.3) is 0 Å². The maximum absolute atomic E-state index is 12.4. The van der Waals surface area contributed by atoms with Crippen LogP contribution in [0.4, 0.5) is 5.82 Å². The molecule has 1 aliphatic rings. The zero-order valence-corrected chi connectivity index (χ0v) is 20.4. The topological polar surface area (TPSA) is 109 Å². The lowest BCUT2D eigenvalue weighted by atomic mass is 9.80. The number of aromatic nitrogens is 2. The highest BCUT2D eigenvalue weighted by molar-refractivity contribution is 5.48. The quantitative estimate of drug-likeness (QED) is 0.359. The largest absolute Gasteiger partial charge is 0.497 e. The minimum Gasteiger partial charge on any atom is -0.497 e. The van der Waals surface area contributed by atoms with Crippen LogP contribution in [-0.2, 0) is 15.1 Å². The summed E-state index contributed by atoms with van der Waals surface area (Å²) in [5, 5.41) is 11.1. The van der Waals surface area contributed by atoms with Crippen LogP contribution in [0.3, 0.4) is 0 Å². The average Bonchev–Trinajstić information content (AvgIpc) is 3.30. The van der Waals surface area contributed by atoms with E-state index in [-0.39, 0.29) is 19.0 Å². The van der Waals surface area contributed by atoms with Gasteiger partial charge in [-0.3, -0.25) is 4.57 Å². The van der Waals surface area contributed by atoms with Gasteiger partial charge in [0, 0.05) is 6.20 Å². The molecule has 0 bridgehead atoms. The van der Waals surface area contributed by atoms with Gasteiger partial charge < -0.3 is 25.1 Å². The van der Waals surface area contributed by atoms with Gasteiger partial charge in [0.15, 0.2) is 0 Å². The molecule has 37 heavy (non-hydrogen) atoms. The molecule has 0 radical (unpaired) electrons. The lowest BCUT2D eigenvalue weighted by Crippen LogP contribution is -2.40. The Morgan fingerprint density at radius 1 is 0.973 bits per heavy atom. The Balaban J connectivity index is 1.52. The molecule has 1 aliphatic heterocycles. The predicted molar refractivity (Wildman–Crippen MR) is 139 cm³/mol. The first-order valence-corrected chi connectivity index (χ1v) is 12.1. The van der Waals surface area contributed by atoms with Gasteiger partial charge in [0.1, 0.15) is 29.4 Å². The molecule has 0 aliphatic carbocycles. The van der Waals surface area contributed by atoms with Crippen molar-refractivity contribution in [3.63, 3.8) is 0 Å². The molecule has 1 fully saturated rings. The van der Waals surface area contributed by atoms with Crippen LogP contribution in [0.2, 0.25) is 0 Å². The van der Waals surface area contributed by atoms with Crippen LogP contribution >= 0.6 is 0 Å². The summed E-state index contributed by atoms with van der Waals surface area (Å²) in [7, 11) is 1.63. The Morgan fingerprint density at radius 3 is 2.14 bits per heavy atom. The summed E-state index contributed by atoms with van der Waals surface area (Å²) in [4.78, 5) is 16.1. The fourth-order valence-electron chi connectivity index (χ4n) is 4.87. The van der Waals surface area contributed by atoms with Gasteiger partial charge in [-0.1, -0.05) is 72.8 Å². The average molecular weight is 500 g/mol. The zero-order valence-electron chi connectivity index (χ0n) is 20.4. The van der Waals surface area contributed by atoms with E-state index in [9.17, 15) is 9.90 Å². The maximum atomic E-state index is 12.4. The summed E-state index contributed by atoms with van der Waals surface area (Å²) in [6, 6.07) is 28.6. The van der Waals surface area contributed by atoms with Crippen LogP contribution < -0.4 is 16.2 Å². The molecule has 4 aromatic rings. The molecule has 8 nitrogen and oxygen atoms in total. The van der Waals surface area contributed by atoms with Crippen LogP contribution in [0, 0.1) is 0 Å². The number of anilines is 1. The van der Waals surface area contributed by atoms with E-state index in [1.807, 2.05) is 84.9 Å². The second-order valence-corrected chi connectivity index (χ2v) is 8.92. The Kier molecular flexibility index (Phi) is 7.05. The molecule has 3 aromatic carbocycles. The molecule has 0 amide bonds. The van der Waals surface area contributed by atoms with Gasteiger partial charge in [-0.2, -0.15) is 4.98 Å². The van der Waals surface area contributed by atoms with Gasteiger partial charge in [0.25, 0.3) is 0 Å². The van der Waals surface area contributed by atoms with Crippen molar-refractivity contribution in [3.05, 3.63) is 124 Å². The summed E-state index contributed by atoms with van der Waals surface area (Å²) in [6.07, 6.45) is -0.122. The summed E-state index contributed by atoms with van der Waals surface area (Å²) >= 11 is 0. The molecule has 1 saturated heterocycles. The minimum absolute atomic E-state index is 0.0740. The molecule has 3 atom stereocenters. The van der Waals surface area contributed by atoms with E-state index in [4.69, 9.17) is 19.9 Å². The molecule has 5 rings (SSSR count). The smallest absolute Gasteiger partial charge is 0.349 e. The van der Waals surface area contributed by atoms with Gasteiger partial charge in [0.2, 0.25) is 0 Å². The van der Waals surface area contributed by atoms with Crippen LogP contribution in [0.5, 0.6) is 5.75 Å². The van der Waals surface area contributed by atoms with E-state index in [0.29, 0.717) is 0 Å². The lowest BCUT2D eigenvalue weighted by molar-refractivity contribution is -0.0706. The van der Waals surface area contributed by atoms with E-state index in [1.54, 1.807) is 7.11 Å². The van der Waals surface area contributed by atoms with Crippen molar-refractivity contribution >= 4 is 5.82 Å². The number of aliphatic hydroxyl groups excluding tert-OH is 1. The molecule has 0 saturated carbocycles. The van der Waals surface area contributed by atoms with Gasteiger partial charge in [-0.15, -0.1) is 0 Å². The number of aliphatic hydroxyl groups is 1. The van der Waals surface area contributed by atoms with Crippen molar-refractivity contribution in [2.75, 3.05) is 26.1 Å². The van der Waals surface area contributed by atoms with Gasteiger partial charge in [-0.05, 0) is 34.9 Å². The number of ether oxygens (including phenoxy) is 3. The monoisotopic (exact) mass is 499 g/mol. The third kappa shape index (κ3) is 4.74. The number of nitrogens with zero attached hydrogens (tertiary/aromatic N) is 2. The van der Waals surface area contributed by atoms with Crippen LogP contribution in [0.1, 0.15) is 22.7 Å². The third-order valence-electron chi connectivity index (χ3n) is 6.79. The first-order valence-electron chi connectivity index (χ1n) is 12.1. The predicted octanol–water partition coefficient (Wildman–Crippen LogP) is 3.14. The lowest BCUT2D eigenvalue weighted by Gasteiger charge is -2.37. The van der Waals surface area contributed by atoms with Crippen molar-refractivity contribution < 1.29 is 19.3 Å². The highest BCUT2D eigenvalue weighted by Gasteiger charge is 2.42. The van der Waals surface area contributed by atoms with E-state index >= 15 is 0 Å². The third-order valence-corrected chi connectivity index (χ3v) is 6.79. The van der Waals surface area contributed by atoms with Crippen molar-refractivity contribution in [1.82, 2.24) is 9.55 Å². The summed E-state index contributed by atoms with van der Waals surface area (Å²) < 4.78 is 19.5. The van der Waals surface area contributed by atoms with Crippen molar-refractivity contribution in [1.29, 1.82) is 0 Å². The number of hydrogen-bond acceptors (Lipinski definition) is 7. The number of nitrogen functional groups attached to an aromatic ring is 1. The Labute approximate surface area is 214 Å². The molecule has 8 heteroatoms. The first kappa shape index (κ1) is 24.7. The van der Waals surface area contributed by atoms with Gasteiger partial charge >= 0.3 is 5.69 Å². The number of rotatable bonds is 8. The molecule has 0 spiro atoms. The summed E-state index contributed by atoms with van der Waals surface area (Å²) in [6.45, 7) is 0.220. The van der Waals surface area contributed by atoms with E-state index in [1.165, 1.54) is 16.8 Å². The highest BCUT2D eigenvalue weighted by Crippen LogP contribution is 2.41. The summed E-state index contributed by atoms with van der Waals surface area (Å²) in [5.74, 6) is 0.864. The maximum Gasteiger partial charge on any atom is 0.349 e. The van der Waals surface area contributed by atoms with E-state index in [2.05, 4.69) is 4.98 Å². The van der Waals surface area contributed by atoms with Gasteiger partial charge in [-0.25, -0.2) is 4.79 Å². The molecule has 3 N–H and O–H groups in total. The number of hydrogen-bond donors (Lipinski definition) is 2. The molecular weight excluding hydrogens is 470 g/mol. The second-order valence-electron chi connectivity index (χ2n) is 8.92. The Morgan fingerprint density at radius 2 is 1.57 bits per heavy atom. The highest BCUT2D eigenvalue weighted by atomic mass is 16.6. The van der Waals surface area contributed by atoms with Crippen molar-refractivity contribution in [2.24, 2.45) is 0 Å². The minimum atomic E-state index is -0.991. The Hall–Kier alpha value is -3.98. The SMILES string of the molecule is COc1ccc(C(OC[C@@H]2OC[C@H](n3ccc(N)nc3=O)[C@H]2O)(c2ccccc2)c2ccccc2)cc1. The molecule has 0 unspecified atom stereocenters. The number of benzene rings is 3. The van der Waals surface area contributed by atoms with E-state index in [0.717, 1.165) is 22.4 Å². The molecule has 2 heterocycles. The number of nitrogens with two attached hydrogens (primary N) is 1. The zero-order chi connectivity index (χ0) is 25.8. The standard InChI is InChI=1S/C29H29N3O5/c1-35-23-14-12-22(13-15-23)29(20-8-4-2-5-9-20,21-10-6-3-7-11-21)37-19-25-27(33)24(18-36-25)32-17-16-26(30)31-28(32)34/h2-17,24-25,27,33H,18-19H2,1H3,(H2,30,31,34)/t24-,25-,27+/m0/s1. The normalized spacial score (nSPS) is 19.6. The second kappa shape index (κ2) is 10.6. The fraction of sp³-hybridized carbons (Fsp3) is 0.241. The van der Waals surface area contributed by atoms with E-state index < -0.39 is 29.5 Å². The van der Waals surface area contributed by atoms with Crippen molar-refractivity contribution in [3.8, 4) is 5.75 Å². The van der Waals surface area contributed by atoms with Gasteiger partial charge in [0.05, 0.1) is 26.4 Å². The molecule has 190 valence electrons. The Bertz CT molecular complexity index is 1340. The molecule has 1 aromatic heterocycles. The summed E-state index contributed by atoms with van der Waals surface area (Å²) in [5.41, 5.74) is 6.85. The fourth-order valence-corrected chi connectivity index (χ4v) is 4.87. The molecular formula is C29H29N3O5. The first-order chi connectivity index (χ1) is 18.0. The van der Waals surface area contributed by atoms with Crippen LogP contribution in [0.15, 0.2) is 102 Å². The van der Waals surface area contributed by atoms with Crippen LogP contribution in [-0.4, -0.2) is 47.2 Å². The van der Waals surface area contributed by atoms with Crippen molar-refractivity contribution in [2.45, 2.75) is 23.9 Å².